The molecule has 0 unspecified atom stereocenters. The Morgan fingerprint density at radius 2 is 2.17 bits per heavy atom. The van der Waals surface area contributed by atoms with Crippen molar-refractivity contribution in [1.82, 2.24) is 0 Å². The molecule has 0 aliphatic heterocycles. The second kappa shape index (κ2) is 9.11. The average Bonchev–Trinajstić information content (AvgIpc) is 1.41. The SMILES string of the molecule is COCCO.[Zn]. The van der Waals surface area contributed by atoms with E-state index in [9.17, 15) is 0 Å². The number of rotatable bonds is 2. The van der Waals surface area contributed by atoms with E-state index in [0.717, 1.165) is 0 Å². The van der Waals surface area contributed by atoms with Gasteiger partial charge in [0.05, 0.1) is 13.2 Å². The first-order valence-corrected chi connectivity index (χ1v) is 1.51. The van der Waals surface area contributed by atoms with Gasteiger partial charge < -0.3 is 9.84 Å². The van der Waals surface area contributed by atoms with Crippen molar-refractivity contribution in [2.75, 3.05) is 20.3 Å². The van der Waals surface area contributed by atoms with E-state index in [4.69, 9.17) is 5.11 Å². The first-order chi connectivity index (χ1) is 2.41. The molecule has 0 atom stereocenters. The molecule has 6 heavy (non-hydrogen) atoms. The largest absolute Gasteiger partial charge is 0.394 e. The van der Waals surface area contributed by atoms with Gasteiger partial charge in [-0.3, -0.25) is 0 Å². The van der Waals surface area contributed by atoms with Crippen LogP contribution in [0.5, 0.6) is 0 Å². The van der Waals surface area contributed by atoms with Crippen LogP contribution in [0.3, 0.4) is 0 Å². The molecule has 0 aromatic heterocycles. The Labute approximate surface area is 50.3 Å². The molecule has 0 saturated heterocycles. The Balaban J connectivity index is 0. The number of hydrogen-bond acceptors (Lipinski definition) is 2. The third-order valence-corrected chi connectivity index (χ3v) is 0.295. The molecule has 0 bridgehead atoms. The van der Waals surface area contributed by atoms with Gasteiger partial charge in [0, 0.05) is 26.6 Å². The standard InChI is InChI=1S/C3H8O2.Zn/c1-5-3-2-4;/h4H,2-3H2,1H3;. The topological polar surface area (TPSA) is 29.5 Å². The van der Waals surface area contributed by atoms with Gasteiger partial charge in [-0.25, -0.2) is 0 Å². The molecule has 34 valence electrons. The van der Waals surface area contributed by atoms with Crippen LogP contribution in [-0.2, 0) is 24.2 Å². The third-order valence-electron chi connectivity index (χ3n) is 0.295. The number of ether oxygens (including phenoxy) is 1. The van der Waals surface area contributed by atoms with E-state index in [1.54, 1.807) is 7.11 Å². The van der Waals surface area contributed by atoms with Crippen LogP contribution in [0.15, 0.2) is 0 Å². The Kier molecular flexibility index (Phi) is 14.8. The van der Waals surface area contributed by atoms with E-state index in [2.05, 4.69) is 4.74 Å². The van der Waals surface area contributed by atoms with Gasteiger partial charge in [0.25, 0.3) is 0 Å². The Hall–Kier alpha value is 0.543. The maximum Gasteiger partial charge on any atom is 0.0693 e. The maximum absolute atomic E-state index is 7.94. The van der Waals surface area contributed by atoms with Gasteiger partial charge >= 0.3 is 0 Å². The molecule has 0 amide bonds. The van der Waals surface area contributed by atoms with Crippen molar-refractivity contribution in [3.8, 4) is 0 Å². The van der Waals surface area contributed by atoms with Crippen molar-refractivity contribution >= 4 is 0 Å². The average molecular weight is 141 g/mol. The van der Waals surface area contributed by atoms with Gasteiger partial charge in [-0.05, 0) is 0 Å². The fourth-order valence-corrected chi connectivity index (χ4v) is 0.0913. The number of methoxy groups -OCH3 is 1. The molecule has 0 radical (unpaired) electrons. The summed E-state index contributed by atoms with van der Waals surface area (Å²) in [5.41, 5.74) is 0. The second-order valence-electron chi connectivity index (χ2n) is 0.716. The third kappa shape index (κ3) is 8.82. The van der Waals surface area contributed by atoms with Crippen molar-refractivity contribution in [2.45, 2.75) is 0 Å². The van der Waals surface area contributed by atoms with Gasteiger partial charge in [0.1, 0.15) is 0 Å². The molecule has 0 heterocycles. The minimum atomic E-state index is 0. The molecular formula is C3H8O2Zn. The first-order valence-electron chi connectivity index (χ1n) is 1.51. The Morgan fingerprint density at radius 1 is 1.67 bits per heavy atom. The van der Waals surface area contributed by atoms with E-state index in [0.29, 0.717) is 6.61 Å². The van der Waals surface area contributed by atoms with Gasteiger partial charge in [-0.2, -0.15) is 0 Å². The molecule has 0 aliphatic carbocycles. The molecule has 3 heteroatoms. The van der Waals surface area contributed by atoms with Crippen molar-refractivity contribution in [1.29, 1.82) is 0 Å². The van der Waals surface area contributed by atoms with Crippen LogP contribution in [0.25, 0.3) is 0 Å². The summed E-state index contributed by atoms with van der Waals surface area (Å²) in [4.78, 5) is 0. The van der Waals surface area contributed by atoms with E-state index in [-0.39, 0.29) is 26.1 Å². The fourth-order valence-electron chi connectivity index (χ4n) is 0.0913. The molecule has 2 nitrogen and oxygen atoms in total. The summed E-state index contributed by atoms with van der Waals surface area (Å²) in [6.45, 7) is 0.566. The predicted octanol–water partition coefficient (Wildman–Crippen LogP) is -0.377. The smallest absolute Gasteiger partial charge is 0.0693 e. The van der Waals surface area contributed by atoms with Crippen LogP contribution < -0.4 is 0 Å². The zero-order valence-corrected chi connectivity index (χ0v) is 6.94. The summed E-state index contributed by atoms with van der Waals surface area (Å²) in [7, 11) is 1.55. The van der Waals surface area contributed by atoms with Crippen LogP contribution in [0, 0.1) is 0 Å². The van der Waals surface area contributed by atoms with Crippen LogP contribution in [0.2, 0.25) is 0 Å². The quantitative estimate of drug-likeness (QED) is 0.532. The monoisotopic (exact) mass is 140 g/mol. The van der Waals surface area contributed by atoms with Crippen molar-refractivity contribution in [2.24, 2.45) is 0 Å². The first kappa shape index (κ1) is 9.74. The zero-order chi connectivity index (χ0) is 4.12. The summed E-state index contributed by atoms with van der Waals surface area (Å²) in [5.74, 6) is 0. The molecule has 0 saturated carbocycles. The number of aliphatic hydroxyl groups is 1. The fraction of sp³-hybridized carbons (Fsp3) is 1.00. The van der Waals surface area contributed by atoms with Gasteiger partial charge in [0.2, 0.25) is 0 Å². The second-order valence-corrected chi connectivity index (χ2v) is 0.716. The summed E-state index contributed by atoms with van der Waals surface area (Å²) in [6, 6.07) is 0. The predicted molar refractivity (Wildman–Crippen MR) is 19.0 cm³/mol. The molecule has 0 spiro atoms. The van der Waals surface area contributed by atoms with Crippen LogP contribution in [-0.4, -0.2) is 25.4 Å². The van der Waals surface area contributed by atoms with Crippen LogP contribution in [0.4, 0.5) is 0 Å². The minimum absolute atomic E-state index is 0. The Bertz CT molecular complexity index is 16.3. The summed E-state index contributed by atoms with van der Waals surface area (Å²) >= 11 is 0. The molecule has 1 N–H and O–H groups in total. The maximum atomic E-state index is 7.94. The van der Waals surface area contributed by atoms with Gasteiger partial charge in [-0.1, -0.05) is 0 Å². The Morgan fingerprint density at radius 3 is 2.17 bits per heavy atom. The van der Waals surface area contributed by atoms with Crippen LogP contribution >= 0.6 is 0 Å². The molecular weight excluding hydrogens is 133 g/mol. The number of hydrogen-bond donors (Lipinski definition) is 1. The normalized spacial score (nSPS) is 7.00. The van der Waals surface area contributed by atoms with E-state index < -0.39 is 0 Å². The minimum Gasteiger partial charge on any atom is -0.394 e. The van der Waals surface area contributed by atoms with Crippen LogP contribution in [0.1, 0.15) is 0 Å². The molecule has 0 fully saturated rings. The van der Waals surface area contributed by atoms with Crippen molar-refractivity contribution < 1.29 is 29.3 Å². The van der Waals surface area contributed by atoms with Crippen molar-refractivity contribution in [3.63, 3.8) is 0 Å². The summed E-state index contributed by atoms with van der Waals surface area (Å²) in [6.07, 6.45) is 0. The molecule has 0 aromatic carbocycles. The van der Waals surface area contributed by atoms with E-state index in [1.165, 1.54) is 0 Å². The molecule has 0 aliphatic rings. The molecule has 0 rings (SSSR count). The summed E-state index contributed by atoms with van der Waals surface area (Å²) < 4.78 is 4.44. The summed E-state index contributed by atoms with van der Waals surface area (Å²) in [5, 5.41) is 7.94. The van der Waals surface area contributed by atoms with E-state index in [1.807, 2.05) is 0 Å². The molecule has 0 aromatic rings. The van der Waals surface area contributed by atoms with Crippen molar-refractivity contribution in [3.05, 3.63) is 0 Å². The zero-order valence-electron chi connectivity index (χ0n) is 3.98. The van der Waals surface area contributed by atoms with E-state index >= 15 is 0 Å². The van der Waals surface area contributed by atoms with Gasteiger partial charge in [0.15, 0.2) is 0 Å². The van der Waals surface area contributed by atoms with Gasteiger partial charge in [-0.15, -0.1) is 0 Å². The number of aliphatic hydroxyl groups excluding tert-OH is 1.